The van der Waals surface area contributed by atoms with E-state index < -0.39 is 0 Å². The van der Waals surface area contributed by atoms with Crippen molar-refractivity contribution in [3.05, 3.63) is 60.3 Å². The number of carbonyl (C=O) groups excluding carboxylic acids is 1. The highest BCUT2D eigenvalue weighted by Gasteiger charge is 2.25. The van der Waals surface area contributed by atoms with Gasteiger partial charge in [-0.05, 0) is 41.8 Å². The first-order valence-electron chi connectivity index (χ1n) is 12.5. The minimum atomic E-state index is -0.221. The van der Waals surface area contributed by atoms with Gasteiger partial charge in [0.25, 0.3) is 0 Å². The quantitative estimate of drug-likeness (QED) is 0.522. The van der Waals surface area contributed by atoms with E-state index >= 15 is 0 Å². The molecule has 1 aromatic heterocycles. The predicted octanol–water partition coefficient (Wildman–Crippen LogP) is 4.52. The molecule has 2 fully saturated rings. The van der Waals surface area contributed by atoms with E-state index in [4.69, 9.17) is 14.2 Å². The molecule has 0 unspecified atom stereocenters. The molecule has 2 aliphatic rings. The number of carbonyl (C=O) groups is 1. The van der Waals surface area contributed by atoms with Gasteiger partial charge in [0, 0.05) is 57.1 Å². The smallest absolute Gasteiger partial charge is 0.409 e. The van der Waals surface area contributed by atoms with Gasteiger partial charge < -0.3 is 19.1 Å². The Labute approximate surface area is 206 Å². The molecule has 2 aliphatic heterocycles. The van der Waals surface area contributed by atoms with Crippen LogP contribution < -0.4 is 4.74 Å². The number of piperidine rings is 1. The second kappa shape index (κ2) is 11.1. The molecule has 0 atom stereocenters. The van der Waals surface area contributed by atoms with Gasteiger partial charge in [0.1, 0.15) is 18.5 Å². The van der Waals surface area contributed by atoms with Crippen molar-refractivity contribution in [1.29, 1.82) is 0 Å². The van der Waals surface area contributed by atoms with E-state index in [0.717, 1.165) is 67.9 Å². The third kappa shape index (κ3) is 5.74. The Morgan fingerprint density at radius 3 is 2.57 bits per heavy atom. The summed E-state index contributed by atoms with van der Waals surface area (Å²) in [5.74, 6) is 0.858. The van der Waals surface area contributed by atoms with Crippen LogP contribution in [0.4, 0.5) is 4.79 Å². The number of ether oxygens (including phenoxy) is 3. The van der Waals surface area contributed by atoms with Crippen LogP contribution in [0.2, 0.25) is 0 Å². The number of fused-ring (bicyclic) bond motifs is 1. The van der Waals surface area contributed by atoms with E-state index in [2.05, 4.69) is 47.1 Å². The minimum absolute atomic E-state index is 0.102. The zero-order chi connectivity index (χ0) is 24.0. The summed E-state index contributed by atoms with van der Waals surface area (Å²) in [5, 5.41) is 1.15. The SMILES string of the molecule is Cc1c(-c2ccc(OC3CCN(C(=O)OCCN4CCOCC4)CC3)cc2)ccc2cccnc12. The molecular weight excluding hydrogens is 442 g/mol. The fraction of sp³-hybridized carbons (Fsp3) is 0.429. The number of likely N-dealkylation sites (tertiary alicyclic amines) is 1. The molecule has 184 valence electrons. The first-order chi connectivity index (χ1) is 17.2. The van der Waals surface area contributed by atoms with Gasteiger partial charge in [0.2, 0.25) is 0 Å². The number of hydrogen-bond acceptors (Lipinski definition) is 6. The molecule has 7 heteroatoms. The molecule has 0 aliphatic carbocycles. The van der Waals surface area contributed by atoms with E-state index in [1.807, 2.05) is 24.4 Å². The molecule has 0 saturated carbocycles. The highest BCUT2D eigenvalue weighted by Crippen LogP contribution is 2.30. The number of benzene rings is 2. The lowest BCUT2D eigenvalue weighted by Gasteiger charge is -2.32. The third-order valence-corrected chi connectivity index (χ3v) is 6.93. The Morgan fingerprint density at radius 1 is 1.03 bits per heavy atom. The van der Waals surface area contributed by atoms with Crippen LogP contribution in [-0.4, -0.2) is 79.5 Å². The van der Waals surface area contributed by atoms with Crippen molar-refractivity contribution in [2.24, 2.45) is 0 Å². The van der Waals surface area contributed by atoms with Crippen LogP contribution in [0.15, 0.2) is 54.7 Å². The summed E-state index contributed by atoms with van der Waals surface area (Å²) < 4.78 is 17.1. The van der Waals surface area contributed by atoms with Crippen molar-refractivity contribution < 1.29 is 19.0 Å². The number of morpholine rings is 1. The zero-order valence-corrected chi connectivity index (χ0v) is 20.3. The highest BCUT2D eigenvalue weighted by atomic mass is 16.6. The number of amides is 1. The maximum atomic E-state index is 12.4. The molecule has 7 nitrogen and oxygen atoms in total. The topological polar surface area (TPSA) is 64.1 Å². The number of aryl methyl sites for hydroxylation is 1. The standard InChI is InChI=1S/C28H33N3O4/c1-21-26(9-6-23-3-2-12-29-27(21)23)22-4-7-24(8-5-22)35-25-10-13-31(14-11-25)28(32)34-20-17-30-15-18-33-19-16-30/h2-9,12,25H,10-11,13-20H2,1H3. The Balaban J connectivity index is 1.10. The lowest BCUT2D eigenvalue weighted by Crippen LogP contribution is -2.43. The Hall–Kier alpha value is -3.16. The maximum Gasteiger partial charge on any atom is 0.409 e. The van der Waals surface area contributed by atoms with Crippen molar-refractivity contribution in [3.8, 4) is 16.9 Å². The number of aromatic nitrogens is 1. The van der Waals surface area contributed by atoms with Crippen LogP contribution in [0.25, 0.3) is 22.0 Å². The summed E-state index contributed by atoms with van der Waals surface area (Å²) in [5.41, 5.74) is 4.55. The van der Waals surface area contributed by atoms with Crippen molar-refractivity contribution >= 4 is 17.0 Å². The zero-order valence-electron chi connectivity index (χ0n) is 20.3. The largest absolute Gasteiger partial charge is 0.490 e. The molecule has 0 spiro atoms. The fourth-order valence-corrected chi connectivity index (χ4v) is 4.84. The van der Waals surface area contributed by atoms with Crippen LogP contribution in [-0.2, 0) is 9.47 Å². The molecule has 3 aromatic rings. The van der Waals surface area contributed by atoms with E-state index in [1.165, 1.54) is 11.1 Å². The summed E-state index contributed by atoms with van der Waals surface area (Å²) in [4.78, 5) is 21.0. The molecule has 0 bridgehead atoms. The first kappa shape index (κ1) is 23.6. The lowest BCUT2D eigenvalue weighted by molar-refractivity contribution is 0.0220. The van der Waals surface area contributed by atoms with Gasteiger partial charge >= 0.3 is 6.09 Å². The molecular formula is C28H33N3O4. The molecule has 5 rings (SSSR count). The molecule has 35 heavy (non-hydrogen) atoms. The van der Waals surface area contributed by atoms with Gasteiger partial charge in [-0.2, -0.15) is 0 Å². The van der Waals surface area contributed by atoms with Crippen molar-refractivity contribution in [2.45, 2.75) is 25.9 Å². The van der Waals surface area contributed by atoms with Gasteiger partial charge in [0.05, 0.1) is 18.7 Å². The average molecular weight is 476 g/mol. The molecule has 3 heterocycles. The van der Waals surface area contributed by atoms with Crippen LogP contribution in [0.1, 0.15) is 18.4 Å². The summed E-state index contributed by atoms with van der Waals surface area (Å²) in [7, 11) is 0. The second-order valence-electron chi connectivity index (χ2n) is 9.21. The van der Waals surface area contributed by atoms with Gasteiger partial charge in [-0.25, -0.2) is 4.79 Å². The van der Waals surface area contributed by atoms with Gasteiger partial charge in [-0.3, -0.25) is 9.88 Å². The highest BCUT2D eigenvalue weighted by molar-refractivity contribution is 5.88. The summed E-state index contributed by atoms with van der Waals surface area (Å²) in [6.45, 7) is 7.94. The number of pyridine rings is 1. The predicted molar refractivity (Wildman–Crippen MR) is 136 cm³/mol. The summed E-state index contributed by atoms with van der Waals surface area (Å²) in [6.07, 6.45) is 3.32. The van der Waals surface area contributed by atoms with Crippen LogP contribution in [0, 0.1) is 6.92 Å². The Morgan fingerprint density at radius 2 is 1.80 bits per heavy atom. The molecule has 0 N–H and O–H groups in total. The molecule has 2 aromatic carbocycles. The number of hydrogen-bond donors (Lipinski definition) is 0. The fourth-order valence-electron chi connectivity index (χ4n) is 4.84. The van der Waals surface area contributed by atoms with E-state index in [-0.39, 0.29) is 12.2 Å². The molecule has 0 radical (unpaired) electrons. The third-order valence-electron chi connectivity index (χ3n) is 6.93. The Kier molecular flexibility index (Phi) is 7.45. The van der Waals surface area contributed by atoms with Crippen molar-refractivity contribution in [2.75, 3.05) is 52.5 Å². The van der Waals surface area contributed by atoms with E-state index in [1.54, 1.807) is 4.90 Å². The number of rotatable bonds is 6. The molecule has 1 amide bonds. The minimum Gasteiger partial charge on any atom is -0.490 e. The van der Waals surface area contributed by atoms with Crippen molar-refractivity contribution in [3.63, 3.8) is 0 Å². The first-order valence-corrected chi connectivity index (χ1v) is 12.5. The maximum absolute atomic E-state index is 12.4. The average Bonchev–Trinajstić information content (AvgIpc) is 2.91. The van der Waals surface area contributed by atoms with Crippen LogP contribution in [0.3, 0.4) is 0 Å². The monoisotopic (exact) mass is 475 g/mol. The summed E-state index contributed by atoms with van der Waals surface area (Å²) >= 11 is 0. The van der Waals surface area contributed by atoms with Gasteiger partial charge in [-0.1, -0.05) is 30.3 Å². The molecule has 2 saturated heterocycles. The van der Waals surface area contributed by atoms with E-state index in [0.29, 0.717) is 19.7 Å². The second-order valence-corrected chi connectivity index (χ2v) is 9.21. The normalized spacial score (nSPS) is 17.5. The van der Waals surface area contributed by atoms with E-state index in [9.17, 15) is 4.79 Å². The summed E-state index contributed by atoms with van der Waals surface area (Å²) in [6, 6.07) is 16.6. The Bertz CT molecular complexity index is 1140. The van der Waals surface area contributed by atoms with Crippen LogP contribution in [0.5, 0.6) is 5.75 Å². The van der Waals surface area contributed by atoms with Crippen LogP contribution >= 0.6 is 0 Å². The van der Waals surface area contributed by atoms with Crippen molar-refractivity contribution in [1.82, 2.24) is 14.8 Å². The lowest BCUT2D eigenvalue weighted by atomic mass is 9.98. The number of nitrogens with zero attached hydrogens (tertiary/aromatic N) is 3. The van der Waals surface area contributed by atoms with Gasteiger partial charge in [0.15, 0.2) is 0 Å². The van der Waals surface area contributed by atoms with Gasteiger partial charge in [-0.15, -0.1) is 0 Å².